The second-order valence-corrected chi connectivity index (χ2v) is 9.75. The average molecular weight is 471 g/mol. The Labute approximate surface area is 202 Å². The fourth-order valence-electron chi connectivity index (χ4n) is 4.05. The van der Waals surface area contributed by atoms with Gasteiger partial charge in [-0.05, 0) is 49.3 Å². The third kappa shape index (κ3) is 6.10. The molecule has 34 heavy (non-hydrogen) atoms. The number of carbonyl (C=O) groups is 2. The zero-order chi connectivity index (χ0) is 24.8. The molecule has 1 aromatic carbocycles. The van der Waals surface area contributed by atoms with Gasteiger partial charge in [0.1, 0.15) is 11.5 Å². The zero-order valence-corrected chi connectivity index (χ0v) is 21.2. The van der Waals surface area contributed by atoms with E-state index in [-0.39, 0.29) is 36.2 Å². The minimum Gasteiger partial charge on any atom is -0.496 e. The van der Waals surface area contributed by atoms with Crippen LogP contribution < -0.4 is 20.1 Å². The number of benzene rings is 1. The van der Waals surface area contributed by atoms with Crippen molar-refractivity contribution in [1.82, 2.24) is 20.4 Å². The molecule has 1 unspecified atom stereocenters. The lowest BCUT2D eigenvalue weighted by Crippen LogP contribution is -2.45. The lowest BCUT2D eigenvalue weighted by Gasteiger charge is -2.28. The standard InChI is InChI=1S/C26H38N4O4/c1-16(2)15-30-21(25-22(33-5)11-8-12-23(25)34-6)13-20(29-30)26(32)28-19(17(3)4)14-24(31)27-18-9-7-10-18/h8,11-13,16-19H,7,9-10,14-15H2,1-6H3,(H,27,31)(H,28,32). The van der Waals surface area contributed by atoms with E-state index in [1.165, 1.54) is 0 Å². The quantitative estimate of drug-likeness (QED) is 0.517. The van der Waals surface area contributed by atoms with E-state index < -0.39 is 0 Å². The molecule has 1 aromatic heterocycles. The SMILES string of the molecule is COc1cccc(OC)c1-c1cc(C(=O)NC(CC(=O)NC2CCC2)C(C)C)nn1CC(C)C. The summed E-state index contributed by atoms with van der Waals surface area (Å²) in [7, 11) is 3.22. The van der Waals surface area contributed by atoms with Crippen LogP contribution in [0.25, 0.3) is 11.3 Å². The maximum atomic E-state index is 13.2. The Morgan fingerprint density at radius 2 is 1.76 bits per heavy atom. The highest BCUT2D eigenvalue weighted by Gasteiger charge is 2.26. The predicted molar refractivity (Wildman–Crippen MR) is 132 cm³/mol. The van der Waals surface area contributed by atoms with Crippen molar-refractivity contribution < 1.29 is 19.1 Å². The zero-order valence-electron chi connectivity index (χ0n) is 21.2. The first-order valence-electron chi connectivity index (χ1n) is 12.1. The van der Waals surface area contributed by atoms with Crippen molar-refractivity contribution in [2.24, 2.45) is 11.8 Å². The van der Waals surface area contributed by atoms with Crippen LogP contribution in [0.5, 0.6) is 11.5 Å². The topological polar surface area (TPSA) is 94.5 Å². The lowest BCUT2D eigenvalue weighted by atomic mass is 9.92. The first-order chi connectivity index (χ1) is 16.2. The smallest absolute Gasteiger partial charge is 0.272 e. The summed E-state index contributed by atoms with van der Waals surface area (Å²) < 4.78 is 13.0. The second kappa shape index (κ2) is 11.4. The highest BCUT2D eigenvalue weighted by atomic mass is 16.5. The van der Waals surface area contributed by atoms with Crippen molar-refractivity contribution in [2.75, 3.05) is 14.2 Å². The van der Waals surface area contributed by atoms with E-state index in [0.29, 0.717) is 29.7 Å². The average Bonchev–Trinajstić information content (AvgIpc) is 3.17. The molecule has 0 bridgehead atoms. The van der Waals surface area contributed by atoms with Gasteiger partial charge in [0, 0.05) is 25.0 Å². The van der Waals surface area contributed by atoms with E-state index in [1.807, 2.05) is 36.7 Å². The van der Waals surface area contributed by atoms with Gasteiger partial charge in [0.2, 0.25) is 5.91 Å². The molecule has 0 spiro atoms. The van der Waals surface area contributed by atoms with Crippen molar-refractivity contribution in [2.45, 2.75) is 72.0 Å². The van der Waals surface area contributed by atoms with Gasteiger partial charge in [0.05, 0.1) is 25.5 Å². The van der Waals surface area contributed by atoms with Crippen molar-refractivity contribution in [3.63, 3.8) is 0 Å². The Hall–Kier alpha value is -3.03. The number of hydrogen-bond acceptors (Lipinski definition) is 5. The molecule has 0 radical (unpaired) electrons. The highest BCUT2D eigenvalue weighted by molar-refractivity contribution is 5.94. The van der Waals surface area contributed by atoms with Gasteiger partial charge >= 0.3 is 0 Å². The maximum Gasteiger partial charge on any atom is 0.272 e. The second-order valence-electron chi connectivity index (χ2n) is 9.75. The van der Waals surface area contributed by atoms with Crippen molar-refractivity contribution >= 4 is 11.8 Å². The molecule has 2 amide bonds. The molecule has 3 rings (SSSR count). The fraction of sp³-hybridized carbons (Fsp3) is 0.577. The first kappa shape index (κ1) is 25.6. The molecule has 1 saturated carbocycles. The summed E-state index contributed by atoms with van der Waals surface area (Å²) in [5.74, 6) is 1.38. The molecule has 1 heterocycles. The van der Waals surface area contributed by atoms with Gasteiger partial charge in [0.15, 0.2) is 5.69 Å². The summed E-state index contributed by atoms with van der Waals surface area (Å²) >= 11 is 0. The van der Waals surface area contributed by atoms with Crippen LogP contribution in [0.3, 0.4) is 0 Å². The molecule has 1 fully saturated rings. The number of methoxy groups -OCH3 is 2. The van der Waals surface area contributed by atoms with Gasteiger partial charge in [0.25, 0.3) is 5.91 Å². The Morgan fingerprint density at radius 1 is 1.12 bits per heavy atom. The van der Waals surface area contributed by atoms with Crippen LogP contribution in [0.4, 0.5) is 0 Å². The Kier molecular flexibility index (Phi) is 8.58. The van der Waals surface area contributed by atoms with Gasteiger partial charge in [-0.15, -0.1) is 0 Å². The van der Waals surface area contributed by atoms with E-state index in [0.717, 1.165) is 30.5 Å². The van der Waals surface area contributed by atoms with Gasteiger partial charge in [-0.3, -0.25) is 14.3 Å². The Bertz CT molecular complexity index is 972. The molecular weight excluding hydrogens is 432 g/mol. The molecule has 1 aliphatic rings. The summed E-state index contributed by atoms with van der Waals surface area (Å²) in [5.41, 5.74) is 1.80. The molecule has 8 heteroatoms. The minimum atomic E-state index is -0.298. The number of nitrogens with zero attached hydrogens (tertiary/aromatic N) is 2. The third-order valence-corrected chi connectivity index (χ3v) is 6.23. The summed E-state index contributed by atoms with van der Waals surface area (Å²) in [6.45, 7) is 8.83. The van der Waals surface area contributed by atoms with Crippen LogP contribution in [0, 0.1) is 11.8 Å². The minimum absolute atomic E-state index is 0.0199. The van der Waals surface area contributed by atoms with Crippen LogP contribution in [-0.2, 0) is 11.3 Å². The summed E-state index contributed by atoms with van der Waals surface area (Å²) in [4.78, 5) is 25.7. The first-order valence-corrected chi connectivity index (χ1v) is 12.1. The summed E-state index contributed by atoms with van der Waals surface area (Å²) in [6.07, 6.45) is 3.48. The van der Waals surface area contributed by atoms with Crippen molar-refractivity contribution in [1.29, 1.82) is 0 Å². The number of aromatic nitrogens is 2. The molecule has 1 aliphatic carbocycles. The molecule has 0 saturated heterocycles. The number of amides is 2. The summed E-state index contributed by atoms with van der Waals surface area (Å²) in [5, 5.41) is 10.7. The van der Waals surface area contributed by atoms with Crippen molar-refractivity contribution in [3.8, 4) is 22.8 Å². The van der Waals surface area contributed by atoms with E-state index >= 15 is 0 Å². The lowest BCUT2D eigenvalue weighted by molar-refractivity contribution is -0.123. The number of carbonyl (C=O) groups excluding carboxylic acids is 2. The fourth-order valence-corrected chi connectivity index (χ4v) is 4.05. The summed E-state index contributed by atoms with van der Waals surface area (Å²) in [6, 6.07) is 7.34. The van der Waals surface area contributed by atoms with E-state index in [1.54, 1.807) is 20.3 Å². The number of nitrogens with one attached hydrogen (secondary N) is 2. The molecule has 0 aliphatic heterocycles. The Balaban J connectivity index is 1.87. The van der Waals surface area contributed by atoms with Crippen LogP contribution in [-0.4, -0.2) is 47.9 Å². The molecular formula is C26H38N4O4. The van der Waals surface area contributed by atoms with Crippen LogP contribution in [0.15, 0.2) is 24.3 Å². The maximum absolute atomic E-state index is 13.2. The number of hydrogen-bond donors (Lipinski definition) is 2. The van der Waals surface area contributed by atoms with Crippen molar-refractivity contribution in [3.05, 3.63) is 30.0 Å². The van der Waals surface area contributed by atoms with E-state index in [9.17, 15) is 9.59 Å². The molecule has 1 atom stereocenters. The normalized spacial score (nSPS) is 14.6. The number of ether oxygens (including phenoxy) is 2. The predicted octanol–water partition coefficient (Wildman–Crippen LogP) is 4.04. The molecule has 186 valence electrons. The van der Waals surface area contributed by atoms with Crippen LogP contribution >= 0.6 is 0 Å². The monoisotopic (exact) mass is 470 g/mol. The van der Waals surface area contributed by atoms with Crippen LogP contribution in [0.2, 0.25) is 0 Å². The van der Waals surface area contributed by atoms with E-state index in [2.05, 4.69) is 29.6 Å². The molecule has 8 nitrogen and oxygen atoms in total. The van der Waals surface area contributed by atoms with Gasteiger partial charge in [-0.2, -0.15) is 5.10 Å². The number of rotatable bonds is 11. The molecule has 2 N–H and O–H groups in total. The highest BCUT2D eigenvalue weighted by Crippen LogP contribution is 2.38. The van der Waals surface area contributed by atoms with Crippen LogP contribution in [0.1, 0.15) is 63.9 Å². The van der Waals surface area contributed by atoms with Gasteiger partial charge in [-0.1, -0.05) is 33.8 Å². The largest absolute Gasteiger partial charge is 0.496 e. The Morgan fingerprint density at radius 3 is 2.26 bits per heavy atom. The van der Waals surface area contributed by atoms with E-state index in [4.69, 9.17) is 9.47 Å². The van der Waals surface area contributed by atoms with Gasteiger partial charge < -0.3 is 20.1 Å². The molecule has 2 aromatic rings. The third-order valence-electron chi connectivity index (χ3n) is 6.23. The van der Waals surface area contributed by atoms with Gasteiger partial charge in [-0.25, -0.2) is 0 Å².